The Kier molecular flexibility index (Phi) is 5.01. The molecule has 0 saturated heterocycles. The lowest BCUT2D eigenvalue weighted by molar-refractivity contribution is 0.0703. The molecule has 0 radical (unpaired) electrons. The van der Waals surface area contributed by atoms with Gasteiger partial charge in [-0.2, -0.15) is 0 Å². The van der Waals surface area contributed by atoms with Crippen molar-refractivity contribution in [1.82, 2.24) is 9.97 Å². The zero-order chi connectivity index (χ0) is 18.8. The summed E-state index contributed by atoms with van der Waals surface area (Å²) in [5.74, 6) is -2.88. The van der Waals surface area contributed by atoms with E-state index in [1.807, 2.05) is 0 Å². The van der Waals surface area contributed by atoms with Crippen LogP contribution in [0.25, 0.3) is 11.3 Å². The molecular formula is C16H10ClF2N3O3S. The standard InChI is InChI=1S/C16H10ClF2N3O3S/c17-12-8(9(18)1-2-10(12)19)6-25-15-14(20)21-5-11(22-15)7-3-4-26-13(7)16(23)24/h1-5H,6H2,(H2,20,21)(H,23,24). The van der Waals surface area contributed by atoms with Crippen molar-refractivity contribution >= 4 is 34.7 Å². The van der Waals surface area contributed by atoms with Crippen molar-refractivity contribution in [2.45, 2.75) is 6.61 Å². The third-order valence-corrected chi connectivity index (χ3v) is 4.71. The van der Waals surface area contributed by atoms with E-state index in [9.17, 15) is 18.7 Å². The number of hydrogen-bond donors (Lipinski definition) is 2. The van der Waals surface area contributed by atoms with Gasteiger partial charge in [-0.25, -0.2) is 23.5 Å². The number of nitrogens with zero attached hydrogens (tertiary/aromatic N) is 2. The SMILES string of the molecule is Nc1ncc(-c2ccsc2C(=O)O)nc1OCc1c(F)ccc(F)c1Cl. The minimum absolute atomic E-state index is 0.0780. The van der Waals surface area contributed by atoms with Crippen LogP contribution in [-0.2, 0) is 6.61 Å². The minimum atomic E-state index is -1.11. The van der Waals surface area contributed by atoms with Crippen LogP contribution in [-0.4, -0.2) is 21.0 Å². The molecule has 1 aromatic carbocycles. The molecule has 6 nitrogen and oxygen atoms in total. The van der Waals surface area contributed by atoms with Gasteiger partial charge in [0.15, 0.2) is 5.82 Å². The number of anilines is 1. The number of aromatic carboxylic acids is 1. The summed E-state index contributed by atoms with van der Waals surface area (Å²) in [6.45, 7) is -0.430. The number of carboxylic acid groups (broad SMARTS) is 1. The van der Waals surface area contributed by atoms with Gasteiger partial charge >= 0.3 is 5.97 Å². The first-order valence-electron chi connectivity index (χ1n) is 7.07. The van der Waals surface area contributed by atoms with Crippen LogP contribution < -0.4 is 10.5 Å². The van der Waals surface area contributed by atoms with Crippen LogP contribution in [0, 0.1) is 11.6 Å². The lowest BCUT2D eigenvalue weighted by Gasteiger charge is -2.11. The van der Waals surface area contributed by atoms with Crippen molar-refractivity contribution in [3.8, 4) is 17.1 Å². The largest absolute Gasteiger partial charge is 0.477 e. The van der Waals surface area contributed by atoms with Crippen LogP contribution in [0.3, 0.4) is 0 Å². The fourth-order valence-corrected chi connectivity index (χ4v) is 3.08. The van der Waals surface area contributed by atoms with Crippen molar-refractivity contribution in [2.24, 2.45) is 0 Å². The van der Waals surface area contributed by atoms with Gasteiger partial charge in [0, 0.05) is 11.1 Å². The van der Waals surface area contributed by atoms with Crippen molar-refractivity contribution in [3.63, 3.8) is 0 Å². The van der Waals surface area contributed by atoms with Gasteiger partial charge in [-0.15, -0.1) is 11.3 Å². The van der Waals surface area contributed by atoms with Crippen LogP contribution in [0.4, 0.5) is 14.6 Å². The van der Waals surface area contributed by atoms with E-state index in [1.54, 1.807) is 11.4 Å². The third kappa shape index (κ3) is 3.44. The van der Waals surface area contributed by atoms with Gasteiger partial charge in [0.2, 0.25) is 0 Å². The molecule has 0 bridgehead atoms. The predicted molar refractivity (Wildman–Crippen MR) is 92.4 cm³/mol. The Morgan fingerprint density at radius 2 is 2.04 bits per heavy atom. The summed E-state index contributed by atoms with van der Waals surface area (Å²) in [6, 6.07) is 3.40. The van der Waals surface area contributed by atoms with Crippen molar-refractivity contribution < 1.29 is 23.4 Å². The molecule has 0 spiro atoms. The number of thiophene rings is 1. The number of rotatable bonds is 5. The molecule has 2 heterocycles. The van der Waals surface area contributed by atoms with E-state index in [0.717, 1.165) is 23.5 Å². The van der Waals surface area contributed by atoms with Gasteiger partial charge in [0.25, 0.3) is 5.88 Å². The molecule has 134 valence electrons. The van der Waals surface area contributed by atoms with E-state index in [-0.39, 0.29) is 27.8 Å². The molecule has 2 aromatic heterocycles. The molecule has 10 heteroatoms. The number of carboxylic acids is 1. The Balaban J connectivity index is 1.91. The van der Waals surface area contributed by atoms with Gasteiger partial charge in [-0.05, 0) is 23.6 Å². The first-order valence-corrected chi connectivity index (χ1v) is 8.33. The molecule has 0 unspecified atom stereocenters. The van der Waals surface area contributed by atoms with E-state index >= 15 is 0 Å². The normalized spacial score (nSPS) is 10.7. The summed E-state index contributed by atoms with van der Waals surface area (Å²) in [4.78, 5) is 19.4. The Hall–Kier alpha value is -2.78. The highest BCUT2D eigenvalue weighted by Gasteiger charge is 2.18. The molecule has 0 aliphatic rings. The Morgan fingerprint density at radius 3 is 2.77 bits per heavy atom. The highest BCUT2D eigenvalue weighted by molar-refractivity contribution is 7.12. The topological polar surface area (TPSA) is 98.3 Å². The minimum Gasteiger partial charge on any atom is -0.477 e. The van der Waals surface area contributed by atoms with Gasteiger partial charge in [-0.3, -0.25) is 0 Å². The fraction of sp³-hybridized carbons (Fsp3) is 0.0625. The summed E-state index contributed by atoms with van der Waals surface area (Å²) in [5.41, 5.74) is 6.07. The van der Waals surface area contributed by atoms with Gasteiger partial charge in [-0.1, -0.05) is 11.6 Å². The van der Waals surface area contributed by atoms with Gasteiger partial charge in [0.1, 0.15) is 23.1 Å². The molecule has 3 rings (SSSR count). The lowest BCUT2D eigenvalue weighted by atomic mass is 10.2. The number of nitrogen functional groups attached to an aromatic ring is 1. The maximum atomic E-state index is 13.8. The molecule has 26 heavy (non-hydrogen) atoms. The highest BCUT2D eigenvalue weighted by Crippen LogP contribution is 2.30. The summed E-state index contributed by atoms with van der Waals surface area (Å²) in [5, 5.41) is 10.4. The number of aromatic nitrogens is 2. The lowest BCUT2D eigenvalue weighted by Crippen LogP contribution is -2.06. The molecule has 0 amide bonds. The second-order valence-corrected chi connectivity index (χ2v) is 6.32. The summed E-state index contributed by atoms with van der Waals surface area (Å²) < 4.78 is 32.6. The van der Waals surface area contributed by atoms with Crippen molar-refractivity contribution in [2.75, 3.05) is 5.73 Å². The molecule has 0 saturated carbocycles. The number of carbonyl (C=O) groups is 1. The highest BCUT2D eigenvalue weighted by atomic mass is 35.5. The molecule has 0 atom stereocenters. The van der Waals surface area contributed by atoms with Crippen LogP contribution >= 0.6 is 22.9 Å². The number of benzene rings is 1. The molecule has 3 N–H and O–H groups in total. The maximum Gasteiger partial charge on any atom is 0.346 e. The number of halogens is 3. The fourth-order valence-electron chi connectivity index (χ4n) is 2.14. The average Bonchev–Trinajstić information content (AvgIpc) is 3.10. The van der Waals surface area contributed by atoms with E-state index < -0.39 is 29.2 Å². The monoisotopic (exact) mass is 397 g/mol. The number of ether oxygens (including phenoxy) is 1. The smallest absolute Gasteiger partial charge is 0.346 e. The molecule has 3 aromatic rings. The van der Waals surface area contributed by atoms with Crippen LogP contribution in [0.15, 0.2) is 29.8 Å². The number of nitrogens with two attached hydrogens (primary N) is 1. The Morgan fingerprint density at radius 1 is 1.31 bits per heavy atom. The molecule has 0 aliphatic heterocycles. The van der Waals surface area contributed by atoms with E-state index in [1.165, 1.54) is 6.20 Å². The summed E-state index contributed by atoms with van der Waals surface area (Å²) in [7, 11) is 0. The second kappa shape index (κ2) is 7.22. The van der Waals surface area contributed by atoms with Crippen LogP contribution in [0.5, 0.6) is 5.88 Å². The van der Waals surface area contributed by atoms with Gasteiger partial charge < -0.3 is 15.6 Å². The van der Waals surface area contributed by atoms with Crippen molar-refractivity contribution in [3.05, 3.63) is 56.9 Å². The second-order valence-electron chi connectivity index (χ2n) is 5.02. The third-order valence-electron chi connectivity index (χ3n) is 3.39. The molecule has 0 aliphatic carbocycles. The maximum absolute atomic E-state index is 13.8. The van der Waals surface area contributed by atoms with Crippen LogP contribution in [0.2, 0.25) is 5.02 Å². The zero-order valence-corrected chi connectivity index (χ0v) is 14.4. The van der Waals surface area contributed by atoms with E-state index in [2.05, 4.69) is 9.97 Å². The summed E-state index contributed by atoms with van der Waals surface area (Å²) >= 11 is 6.78. The van der Waals surface area contributed by atoms with Crippen molar-refractivity contribution in [1.29, 1.82) is 0 Å². The first kappa shape index (κ1) is 18.0. The Bertz CT molecular complexity index is 997. The zero-order valence-electron chi connectivity index (χ0n) is 12.9. The first-order chi connectivity index (χ1) is 12.4. The average molecular weight is 398 g/mol. The van der Waals surface area contributed by atoms with Crippen LogP contribution in [0.1, 0.15) is 15.2 Å². The number of hydrogen-bond acceptors (Lipinski definition) is 6. The molecular weight excluding hydrogens is 388 g/mol. The predicted octanol–water partition coefficient (Wildman–Crippen LogP) is 4.00. The van der Waals surface area contributed by atoms with E-state index in [0.29, 0.717) is 5.56 Å². The molecule has 0 fully saturated rings. The van der Waals surface area contributed by atoms with E-state index in [4.69, 9.17) is 22.1 Å². The van der Waals surface area contributed by atoms with Gasteiger partial charge in [0.05, 0.1) is 16.9 Å². The summed E-state index contributed by atoms with van der Waals surface area (Å²) in [6.07, 6.45) is 1.30. The Labute approximate surface area is 154 Å². The quantitative estimate of drug-likeness (QED) is 0.631.